The van der Waals surface area contributed by atoms with Crippen molar-refractivity contribution in [1.82, 2.24) is 4.98 Å². The maximum Gasteiger partial charge on any atom is 0.150 e. The third kappa shape index (κ3) is 4.97. The quantitative estimate of drug-likeness (QED) is 0.576. The number of hydrogen-bond acceptors (Lipinski definition) is 4. The lowest BCUT2D eigenvalue weighted by molar-refractivity contribution is 0.283. The van der Waals surface area contributed by atoms with Crippen molar-refractivity contribution >= 4 is 23.1 Å². The van der Waals surface area contributed by atoms with Crippen LogP contribution in [0.25, 0.3) is 11.3 Å². The third-order valence-corrected chi connectivity index (χ3v) is 4.94. The van der Waals surface area contributed by atoms with Crippen LogP contribution in [-0.2, 0) is 0 Å². The molecule has 1 heterocycles. The third-order valence-electron chi connectivity index (χ3n) is 2.83. The molecule has 2 nitrogen and oxygen atoms in total. The number of aromatic nitrogens is 1. The van der Waals surface area contributed by atoms with Gasteiger partial charge in [0.2, 0.25) is 0 Å². The van der Waals surface area contributed by atoms with Crippen LogP contribution in [-0.4, -0.2) is 22.5 Å². The molecule has 1 aromatic carbocycles. The van der Waals surface area contributed by atoms with E-state index in [1.807, 2.05) is 30.0 Å². The van der Waals surface area contributed by atoms with Gasteiger partial charge in [-0.05, 0) is 12.8 Å². The Morgan fingerprint density at radius 3 is 2.63 bits per heavy atom. The van der Waals surface area contributed by atoms with Crippen molar-refractivity contribution in [2.24, 2.45) is 0 Å². The van der Waals surface area contributed by atoms with Gasteiger partial charge in [-0.3, -0.25) is 0 Å². The summed E-state index contributed by atoms with van der Waals surface area (Å²) in [6.07, 6.45) is 4.46. The van der Waals surface area contributed by atoms with Crippen molar-refractivity contribution in [2.75, 3.05) is 12.4 Å². The molecule has 0 aliphatic carbocycles. The van der Waals surface area contributed by atoms with Crippen LogP contribution in [0, 0.1) is 0 Å². The molecule has 0 saturated heterocycles. The predicted octanol–water partition coefficient (Wildman–Crippen LogP) is 4.45. The highest BCUT2D eigenvalue weighted by Gasteiger charge is 2.04. The molecular formula is C15H19NOS2. The lowest BCUT2D eigenvalue weighted by atomic mass is 10.2. The lowest BCUT2D eigenvalue weighted by Crippen LogP contribution is -1.85. The van der Waals surface area contributed by atoms with E-state index in [-0.39, 0.29) is 0 Å². The van der Waals surface area contributed by atoms with Gasteiger partial charge >= 0.3 is 0 Å². The largest absolute Gasteiger partial charge is 0.396 e. The molecule has 0 saturated carbocycles. The van der Waals surface area contributed by atoms with Gasteiger partial charge in [0, 0.05) is 23.3 Å². The van der Waals surface area contributed by atoms with Crippen LogP contribution in [0.5, 0.6) is 0 Å². The van der Waals surface area contributed by atoms with Crippen LogP contribution in [0.4, 0.5) is 0 Å². The Kier molecular flexibility index (Phi) is 6.41. The molecule has 1 N–H and O–H groups in total. The fourth-order valence-electron chi connectivity index (χ4n) is 1.79. The molecule has 0 atom stereocenters. The van der Waals surface area contributed by atoms with E-state index in [4.69, 9.17) is 5.11 Å². The molecule has 4 heteroatoms. The second-order valence-corrected chi connectivity index (χ2v) is 6.55. The zero-order chi connectivity index (χ0) is 13.3. The number of nitrogens with zero attached hydrogens (tertiary/aromatic N) is 1. The zero-order valence-electron chi connectivity index (χ0n) is 10.9. The van der Waals surface area contributed by atoms with E-state index in [2.05, 4.69) is 22.5 Å². The van der Waals surface area contributed by atoms with Gasteiger partial charge in [0.05, 0.1) is 5.69 Å². The van der Waals surface area contributed by atoms with Gasteiger partial charge in [-0.15, -0.1) is 11.3 Å². The molecule has 19 heavy (non-hydrogen) atoms. The van der Waals surface area contributed by atoms with E-state index in [0.29, 0.717) is 6.61 Å². The van der Waals surface area contributed by atoms with Crippen LogP contribution in [0.2, 0.25) is 0 Å². The lowest BCUT2D eigenvalue weighted by Gasteiger charge is -1.98. The van der Waals surface area contributed by atoms with Gasteiger partial charge in [0.15, 0.2) is 4.34 Å². The number of benzene rings is 1. The predicted molar refractivity (Wildman–Crippen MR) is 83.8 cm³/mol. The van der Waals surface area contributed by atoms with E-state index in [9.17, 15) is 0 Å². The van der Waals surface area contributed by atoms with Crippen LogP contribution in [0.3, 0.4) is 0 Å². The molecule has 2 aromatic rings. The molecule has 0 aliphatic rings. The van der Waals surface area contributed by atoms with Crippen molar-refractivity contribution in [3.8, 4) is 11.3 Å². The summed E-state index contributed by atoms with van der Waals surface area (Å²) < 4.78 is 1.15. The standard InChI is InChI=1S/C15H19NOS2/c17-10-6-1-2-7-11-18-15-16-14(12-19-15)13-8-4-3-5-9-13/h3-5,8-9,12,17H,1-2,6-7,10-11H2. The Morgan fingerprint density at radius 1 is 1.05 bits per heavy atom. The number of hydrogen-bond donors (Lipinski definition) is 1. The molecule has 2 rings (SSSR count). The summed E-state index contributed by atoms with van der Waals surface area (Å²) in [6.45, 7) is 0.320. The average Bonchev–Trinajstić information content (AvgIpc) is 2.92. The number of aliphatic hydroxyl groups is 1. The minimum atomic E-state index is 0.320. The molecular weight excluding hydrogens is 274 g/mol. The first-order valence-corrected chi connectivity index (χ1v) is 8.51. The van der Waals surface area contributed by atoms with Crippen LogP contribution in [0.1, 0.15) is 25.7 Å². The Hall–Kier alpha value is -0.840. The summed E-state index contributed by atoms with van der Waals surface area (Å²) >= 11 is 3.56. The Balaban J connectivity index is 1.75. The first-order valence-electron chi connectivity index (χ1n) is 6.65. The van der Waals surface area contributed by atoms with Crippen molar-refractivity contribution < 1.29 is 5.11 Å². The highest BCUT2D eigenvalue weighted by molar-refractivity contribution is 8.01. The molecule has 0 spiro atoms. The van der Waals surface area contributed by atoms with Gasteiger partial charge < -0.3 is 5.11 Å². The van der Waals surface area contributed by atoms with Crippen molar-refractivity contribution in [3.63, 3.8) is 0 Å². The van der Waals surface area contributed by atoms with Gasteiger partial charge in [0.25, 0.3) is 0 Å². The topological polar surface area (TPSA) is 33.1 Å². The Labute approximate surface area is 122 Å². The Morgan fingerprint density at radius 2 is 1.84 bits per heavy atom. The fraction of sp³-hybridized carbons (Fsp3) is 0.400. The van der Waals surface area contributed by atoms with Crippen molar-refractivity contribution in [1.29, 1.82) is 0 Å². The number of aliphatic hydroxyl groups excluding tert-OH is 1. The number of thioether (sulfide) groups is 1. The van der Waals surface area contributed by atoms with Crippen molar-refractivity contribution in [3.05, 3.63) is 35.7 Å². The maximum atomic E-state index is 8.70. The summed E-state index contributed by atoms with van der Waals surface area (Å²) in [7, 11) is 0. The average molecular weight is 293 g/mol. The highest BCUT2D eigenvalue weighted by Crippen LogP contribution is 2.28. The fourth-order valence-corrected chi connectivity index (χ4v) is 3.70. The molecule has 0 fully saturated rings. The monoisotopic (exact) mass is 293 g/mol. The first kappa shape index (κ1) is 14.6. The summed E-state index contributed by atoms with van der Waals surface area (Å²) in [6, 6.07) is 10.3. The normalized spacial score (nSPS) is 10.8. The summed E-state index contributed by atoms with van der Waals surface area (Å²) in [5, 5.41) is 10.8. The summed E-state index contributed by atoms with van der Waals surface area (Å²) in [5.41, 5.74) is 2.27. The molecule has 0 bridgehead atoms. The highest BCUT2D eigenvalue weighted by atomic mass is 32.2. The minimum Gasteiger partial charge on any atom is -0.396 e. The minimum absolute atomic E-state index is 0.320. The van der Waals surface area contributed by atoms with E-state index in [0.717, 1.165) is 28.6 Å². The second kappa shape index (κ2) is 8.35. The second-order valence-electron chi connectivity index (χ2n) is 4.35. The van der Waals surface area contributed by atoms with Gasteiger partial charge in [-0.25, -0.2) is 4.98 Å². The number of unbranched alkanes of at least 4 members (excludes halogenated alkanes) is 3. The van der Waals surface area contributed by atoms with Gasteiger partial charge in [-0.2, -0.15) is 0 Å². The number of thiazole rings is 1. The molecule has 102 valence electrons. The zero-order valence-corrected chi connectivity index (χ0v) is 12.6. The summed E-state index contributed by atoms with van der Waals surface area (Å²) in [5.74, 6) is 1.12. The molecule has 0 radical (unpaired) electrons. The SMILES string of the molecule is OCCCCCCSc1nc(-c2ccccc2)cs1. The van der Waals surface area contributed by atoms with Crippen LogP contribution < -0.4 is 0 Å². The maximum absolute atomic E-state index is 8.70. The van der Waals surface area contributed by atoms with E-state index in [1.54, 1.807) is 11.3 Å². The number of rotatable bonds is 8. The van der Waals surface area contributed by atoms with E-state index < -0.39 is 0 Å². The smallest absolute Gasteiger partial charge is 0.150 e. The van der Waals surface area contributed by atoms with Gasteiger partial charge in [0.1, 0.15) is 0 Å². The first-order chi connectivity index (χ1) is 9.40. The molecule has 1 aromatic heterocycles. The van der Waals surface area contributed by atoms with Gasteiger partial charge in [-0.1, -0.05) is 54.9 Å². The van der Waals surface area contributed by atoms with E-state index in [1.165, 1.54) is 18.4 Å². The van der Waals surface area contributed by atoms with Crippen molar-refractivity contribution in [2.45, 2.75) is 30.0 Å². The Bertz CT molecular complexity index is 470. The molecule has 0 aliphatic heterocycles. The van der Waals surface area contributed by atoms with E-state index >= 15 is 0 Å². The molecule has 0 amide bonds. The summed E-state index contributed by atoms with van der Waals surface area (Å²) in [4.78, 5) is 4.66. The van der Waals surface area contributed by atoms with Crippen LogP contribution >= 0.6 is 23.1 Å². The van der Waals surface area contributed by atoms with Crippen LogP contribution in [0.15, 0.2) is 40.1 Å². The molecule has 0 unspecified atom stereocenters.